The number of anilines is 2. The van der Waals surface area contributed by atoms with Crippen LogP contribution in [0.3, 0.4) is 0 Å². The van der Waals surface area contributed by atoms with Crippen molar-refractivity contribution in [3.05, 3.63) is 53.1 Å². The number of para-hydroxylation sites is 1. The molecule has 0 amide bonds. The van der Waals surface area contributed by atoms with E-state index in [4.69, 9.17) is 11.6 Å². The highest BCUT2D eigenvalue weighted by molar-refractivity contribution is 7.90. The maximum atomic E-state index is 13.2. The molecule has 0 radical (unpaired) electrons. The van der Waals surface area contributed by atoms with E-state index in [1.54, 1.807) is 6.92 Å². The Morgan fingerprint density at radius 1 is 1.15 bits per heavy atom. The van der Waals surface area contributed by atoms with Crippen molar-refractivity contribution in [2.75, 3.05) is 11.6 Å². The van der Waals surface area contributed by atoms with Crippen LogP contribution in [0, 0.1) is 0 Å². The van der Waals surface area contributed by atoms with Crippen molar-refractivity contribution < 1.29 is 26.4 Å². The Morgan fingerprint density at radius 2 is 1.77 bits per heavy atom. The van der Waals surface area contributed by atoms with Crippen LogP contribution in [-0.4, -0.2) is 19.9 Å². The van der Waals surface area contributed by atoms with Gasteiger partial charge in [-0.15, -0.1) is 0 Å². The molecule has 2 rings (SSSR count). The van der Waals surface area contributed by atoms with Gasteiger partial charge < -0.3 is 5.32 Å². The molecule has 0 saturated heterocycles. The Bertz CT molecular complexity index is 956. The molecule has 9 heteroatoms. The van der Waals surface area contributed by atoms with E-state index in [1.807, 2.05) is 0 Å². The van der Waals surface area contributed by atoms with E-state index >= 15 is 0 Å². The van der Waals surface area contributed by atoms with Crippen molar-refractivity contribution in [1.29, 1.82) is 0 Å². The molecule has 0 unspecified atom stereocenters. The normalized spacial score (nSPS) is 12.1. The van der Waals surface area contributed by atoms with Gasteiger partial charge >= 0.3 is 6.18 Å². The third-order valence-electron chi connectivity index (χ3n) is 3.70. The Balaban J connectivity index is 2.69. The number of hydrogen-bond donors (Lipinski definition) is 1. The first-order valence-corrected chi connectivity index (χ1v) is 9.72. The second-order valence-corrected chi connectivity index (χ2v) is 7.90. The molecule has 0 aliphatic rings. The number of sulfone groups is 1. The van der Waals surface area contributed by atoms with Crippen LogP contribution in [-0.2, 0) is 22.4 Å². The van der Waals surface area contributed by atoms with Gasteiger partial charge in [0, 0.05) is 11.8 Å². The highest BCUT2D eigenvalue weighted by atomic mass is 35.5. The molecule has 1 N–H and O–H groups in total. The zero-order valence-corrected chi connectivity index (χ0v) is 15.4. The lowest BCUT2D eigenvalue weighted by Gasteiger charge is -2.18. The third-order valence-corrected chi connectivity index (χ3v) is 5.04. The summed E-state index contributed by atoms with van der Waals surface area (Å²) in [4.78, 5) is 11.3. The minimum absolute atomic E-state index is 0.00393. The van der Waals surface area contributed by atoms with Crippen LogP contribution in [0.25, 0.3) is 0 Å². The van der Waals surface area contributed by atoms with Gasteiger partial charge in [-0.05, 0) is 47.9 Å². The maximum Gasteiger partial charge on any atom is 0.418 e. The zero-order chi connectivity index (χ0) is 19.7. The first-order valence-electron chi connectivity index (χ1n) is 7.45. The van der Waals surface area contributed by atoms with Gasteiger partial charge in [0.15, 0.2) is 9.84 Å². The van der Waals surface area contributed by atoms with Gasteiger partial charge in [-0.1, -0.05) is 19.1 Å². The maximum absolute atomic E-state index is 13.2. The molecule has 140 valence electrons. The number of nitrogens with one attached hydrogen (secondary N) is 1. The number of rotatable bonds is 5. The van der Waals surface area contributed by atoms with E-state index in [9.17, 15) is 26.4 Å². The van der Waals surface area contributed by atoms with Crippen molar-refractivity contribution in [3.8, 4) is 0 Å². The number of benzene rings is 2. The van der Waals surface area contributed by atoms with E-state index < -0.39 is 26.8 Å². The molecule has 0 aliphatic carbocycles. The van der Waals surface area contributed by atoms with Crippen LogP contribution < -0.4 is 5.32 Å². The first-order chi connectivity index (χ1) is 11.9. The molecule has 0 spiro atoms. The average Bonchev–Trinajstić information content (AvgIpc) is 2.52. The second kappa shape index (κ2) is 7.28. The number of alkyl halides is 3. The predicted octanol–water partition coefficient (Wildman–Crippen LogP) is 4.79. The smallest absolute Gasteiger partial charge is 0.354 e. The van der Waals surface area contributed by atoms with Gasteiger partial charge in [0.05, 0.1) is 21.8 Å². The first kappa shape index (κ1) is 20.3. The van der Waals surface area contributed by atoms with E-state index in [0.717, 1.165) is 18.4 Å². The molecule has 0 saturated carbocycles. The van der Waals surface area contributed by atoms with E-state index in [-0.39, 0.29) is 21.8 Å². The van der Waals surface area contributed by atoms with Gasteiger partial charge in [-0.25, -0.2) is 8.42 Å². The fraction of sp³-hybridized carbons (Fsp3) is 0.235. The van der Waals surface area contributed by atoms with E-state index in [0.29, 0.717) is 12.0 Å². The molecule has 2 aromatic rings. The summed E-state index contributed by atoms with van der Waals surface area (Å²) in [5, 5.41) is 1.70. The number of carbonyl (C=O) groups excluding carboxylic acids is 1. The Morgan fingerprint density at radius 3 is 2.27 bits per heavy atom. The predicted molar refractivity (Wildman–Crippen MR) is 93.8 cm³/mol. The van der Waals surface area contributed by atoms with Gasteiger partial charge in [0.1, 0.15) is 0 Å². The highest BCUT2D eigenvalue weighted by Gasteiger charge is 2.33. The Kier molecular flexibility index (Phi) is 5.67. The lowest BCUT2D eigenvalue weighted by molar-refractivity contribution is -0.136. The molecule has 4 nitrogen and oxygen atoms in total. The number of hydrogen-bond acceptors (Lipinski definition) is 4. The van der Waals surface area contributed by atoms with Gasteiger partial charge in [0.2, 0.25) is 0 Å². The Labute approximate surface area is 153 Å². The van der Waals surface area contributed by atoms with Crippen molar-refractivity contribution in [2.24, 2.45) is 0 Å². The van der Waals surface area contributed by atoms with Crippen LogP contribution in [0.15, 0.2) is 41.3 Å². The summed E-state index contributed by atoms with van der Waals surface area (Å²) in [7, 11) is -3.84. The lowest BCUT2D eigenvalue weighted by Crippen LogP contribution is -2.11. The van der Waals surface area contributed by atoms with Crippen LogP contribution in [0.1, 0.15) is 28.4 Å². The van der Waals surface area contributed by atoms with E-state index in [2.05, 4.69) is 5.32 Å². The topological polar surface area (TPSA) is 63.2 Å². The number of halogens is 4. The van der Waals surface area contributed by atoms with Crippen LogP contribution in [0.2, 0.25) is 0 Å². The fourth-order valence-electron chi connectivity index (χ4n) is 2.49. The molecule has 0 bridgehead atoms. The quantitative estimate of drug-likeness (QED) is 0.726. The van der Waals surface area contributed by atoms with Crippen molar-refractivity contribution >= 4 is 38.1 Å². The highest BCUT2D eigenvalue weighted by Crippen LogP contribution is 2.37. The molecule has 0 aliphatic heterocycles. The summed E-state index contributed by atoms with van der Waals surface area (Å²) in [5.41, 5.74) is -0.858. The van der Waals surface area contributed by atoms with Gasteiger partial charge in [-0.2, -0.15) is 13.2 Å². The lowest BCUT2D eigenvalue weighted by atomic mass is 10.0. The molecule has 0 heterocycles. The van der Waals surface area contributed by atoms with E-state index in [1.165, 1.54) is 24.3 Å². The van der Waals surface area contributed by atoms with Crippen molar-refractivity contribution in [3.63, 3.8) is 0 Å². The molecule has 0 fully saturated rings. The fourth-order valence-corrected chi connectivity index (χ4v) is 3.51. The largest absolute Gasteiger partial charge is 0.418 e. The summed E-state index contributed by atoms with van der Waals surface area (Å²) in [6.45, 7) is 1.71. The molecule has 0 aromatic heterocycles. The number of carbonyl (C=O) groups is 1. The van der Waals surface area contributed by atoms with Crippen LogP contribution in [0.4, 0.5) is 24.5 Å². The summed E-state index contributed by atoms with van der Waals surface area (Å²) in [6, 6.07) is 7.13. The van der Waals surface area contributed by atoms with Crippen LogP contribution >= 0.6 is 11.6 Å². The summed E-state index contributed by atoms with van der Waals surface area (Å²) in [5.74, 6) is 0. The third kappa shape index (κ3) is 4.37. The summed E-state index contributed by atoms with van der Waals surface area (Å²) >= 11 is 5.50. The van der Waals surface area contributed by atoms with Crippen LogP contribution in [0.5, 0.6) is 0 Å². The monoisotopic (exact) mass is 405 g/mol. The molecule has 2 aromatic carbocycles. The minimum Gasteiger partial charge on any atom is -0.354 e. The SMILES string of the molecule is CCc1cc(Nc2ccccc2C(F)(F)F)c(S(C)(=O)=O)cc1C(=O)Cl. The minimum atomic E-state index is -4.62. The van der Waals surface area contributed by atoms with Crippen molar-refractivity contribution in [1.82, 2.24) is 0 Å². The standard InChI is InChI=1S/C17H15ClF3NO3S/c1-3-10-8-14(15(26(2,24)25)9-11(10)16(18)23)22-13-7-5-4-6-12(13)17(19,20)21/h4-9,22H,3H2,1-2H3. The van der Waals surface area contributed by atoms with Crippen molar-refractivity contribution in [2.45, 2.75) is 24.4 Å². The van der Waals surface area contributed by atoms with Gasteiger partial charge in [-0.3, -0.25) is 4.79 Å². The summed E-state index contributed by atoms with van der Waals surface area (Å²) < 4.78 is 63.7. The second-order valence-electron chi connectivity index (χ2n) is 5.57. The Hall–Kier alpha value is -2.06. The molecule has 26 heavy (non-hydrogen) atoms. The molecular weight excluding hydrogens is 391 g/mol. The summed E-state index contributed by atoms with van der Waals surface area (Å²) in [6.07, 6.45) is -3.38. The molecule has 0 atom stereocenters. The zero-order valence-electron chi connectivity index (χ0n) is 13.8. The number of aryl methyl sites for hydroxylation is 1. The van der Waals surface area contributed by atoms with Gasteiger partial charge in [0.25, 0.3) is 5.24 Å². The molecular formula is C17H15ClF3NO3S. The average molecular weight is 406 g/mol.